The number of likely N-dealkylation sites (N-methyl/N-ethyl adjacent to an activating group) is 2. The zero-order valence-corrected chi connectivity index (χ0v) is 7.17. The number of hydrogen-bond donors (Lipinski definition) is 2. The molecule has 0 atom stereocenters. The van der Waals surface area contributed by atoms with E-state index >= 15 is 0 Å². The van der Waals surface area contributed by atoms with Gasteiger partial charge in [-0.1, -0.05) is 6.92 Å². The zero-order valence-electron chi connectivity index (χ0n) is 7.17. The van der Waals surface area contributed by atoms with Gasteiger partial charge in [-0.3, -0.25) is 4.90 Å². The van der Waals surface area contributed by atoms with Gasteiger partial charge in [0.05, 0.1) is 0 Å². The molecule has 60 valence electrons. The van der Waals surface area contributed by atoms with Crippen molar-refractivity contribution in [2.45, 2.75) is 12.4 Å². The second kappa shape index (κ2) is 4.80. The summed E-state index contributed by atoms with van der Waals surface area (Å²) in [4.78, 5) is 1.57. The van der Waals surface area contributed by atoms with E-state index in [1.807, 2.05) is 14.0 Å². The first-order valence-electron chi connectivity index (χ1n) is 3.72. The topological polar surface area (TPSA) is 35.5 Å². The monoisotopic (exact) mass is 152 g/mol. The minimum Gasteiger partial charge on any atom is -0.395 e. The molecule has 11 heavy (non-hydrogen) atoms. The molecule has 0 aromatic carbocycles. The largest absolute Gasteiger partial charge is 0.395 e. The average molecular weight is 152 g/mol. The second-order valence-electron chi connectivity index (χ2n) is 2.47. The highest BCUT2D eigenvalue weighted by atomic mass is 16.3. The molecule has 0 saturated carbocycles. The number of aliphatic hydroxyl groups is 1. The van der Waals surface area contributed by atoms with E-state index in [2.05, 4.69) is 5.32 Å². The Hall–Kier alpha value is 0.00987. The maximum atomic E-state index is 9.16. The van der Waals surface area contributed by atoms with E-state index in [9.17, 15) is 0 Å². The predicted octanol–water partition coefficient (Wildman–Crippen LogP) is -1.53. The molecule has 0 aromatic rings. The van der Waals surface area contributed by atoms with Gasteiger partial charge >= 0.3 is 0 Å². The van der Waals surface area contributed by atoms with Crippen molar-refractivity contribution in [2.24, 2.45) is 0 Å². The van der Waals surface area contributed by atoms with E-state index in [-0.39, 0.29) is 0 Å². The molecule has 5 heteroatoms. The fraction of sp³-hybridized carbons (Fsp3) is 1.00. The summed E-state index contributed by atoms with van der Waals surface area (Å²) in [6.45, 7) is 3.91. The highest BCUT2D eigenvalue weighted by Gasteiger charge is 2.19. The number of hydrogen-bond acceptors (Lipinski definition) is 3. The lowest BCUT2D eigenvalue weighted by Gasteiger charge is -2.34. The van der Waals surface area contributed by atoms with Crippen LogP contribution in [0.15, 0.2) is 0 Å². The number of nitrogens with zero attached hydrogens (tertiary/aromatic N) is 1. The Kier molecular flexibility index (Phi) is 4.81. The molecule has 0 aromatic heterocycles. The summed E-state index contributed by atoms with van der Waals surface area (Å²) in [5.74, 6) is 0. The smallest absolute Gasteiger partial charge is 0.120 e. The van der Waals surface area contributed by atoms with Crippen LogP contribution >= 0.6 is 0 Å². The maximum absolute atomic E-state index is 9.16. The molecule has 0 fully saturated rings. The third kappa shape index (κ3) is 4.45. The zero-order chi connectivity index (χ0) is 8.91. The van der Waals surface area contributed by atoms with E-state index in [1.165, 1.54) is 0 Å². The first-order chi connectivity index (χ1) is 5.02. The first kappa shape index (κ1) is 11.0. The highest BCUT2D eigenvalue weighted by Crippen LogP contribution is 2.00. The summed E-state index contributed by atoms with van der Waals surface area (Å²) in [6, 6.07) is 0. The van der Waals surface area contributed by atoms with Crippen LogP contribution < -0.4 is 5.32 Å². The maximum Gasteiger partial charge on any atom is 0.120 e. The first-order valence-corrected chi connectivity index (χ1v) is 3.72. The Morgan fingerprint density at radius 3 is 2.36 bits per heavy atom. The van der Waals surface area contributed by atoms with Crippen molar-refractivity contribution < 1.29 is 5.11 Å². The van der Waals surface area contributed by atoms with Crippen molar-refractivity contribution in [3.63, 3.8) is 0 Å². The van der Waals surface area contributed by atoms with Crippen molar-refractivity contribution in [1.82, 2.24) is 10.2 Å². The summed E-state index contributed by atoms with van der Waals surface area (Å²) in [6.07, 6.45) is 0. The van der Waals surface area contributed by atoms with E-state index in [4.69, 9.17) is 20.8 Å². The Balaban J connectivity index is 3.76. The van der Waals surface area contributed by atoms with Crippen LogP contribution in [0.4, 0.5) is 0 Å². The molecular weight excluding hydrogens is 138 g/mol. The van der Waals surface area contributed by atoms with Crippen molar-refractivity contribution in [3.8, 4) is 0 Å². The quantitative estimate of drug-likeness (QED) is 0.370. The third-order valence-electron chi connectivity index (χ3n) is 1.52. The molecule has 0 heterocycles. The predicted molar refractivity (Wildman–Crippen MR) is 47.6 cm³/mol. The van der Waals surface area contributed by atoms with Gasteiger partial charge in [0.2, 0.25) is 0 Å². The van der Waals surface area contributed by atoms with Gasteiger partial charge in [0, 0.05) is 18.6 Å². The lowest BCUT2D eigenvalue weighted by atomic mass is 9.72. The van der Waals surface area contributed by atoms with E-state index in [1.54, 1.807) is 4.90 Å². The van der Waals surface area contributed by atoms with Gasteiger partial charge in [-0.15, -0.1) is 0 Å². The second-order valence-corrected chi connectivity index (χ2v) is 2.47. The molecule has 0 aliphatic heterocycles. The molecule has 4 radical (unpaired) electrons. The molecule has 0 spiro atoms. The molecule has 0 saturated heterocycles. The molecule has 0 bridgehead atoms. The van der Waals surface area contributed by atoms with Crippen LogP contribution in [-0.2, 0) is 0 Å². The minimum absolute atomic E-state index is 0.630. The summed E-state index contributed by atoms with van der Waals surface area (Å²) in [5.41, 5.74) is -1.69. The van der Waals surface area contributed by atoms with Gasteiger partial charge < -0.3 is 10.4 Å². The molecular formula is C6H14B2N2O. The average Bonchev–Trinajstić information content (AvgIpc) is 1.87. The van der Waals surface area contributed by atoms with Crippen LogP contribution in [0.25, 0.3) is 0 Å². The fourth-order valence-electron chi connectivity index (χ4n) is 0.837. The third-order valence-corrected chi connectivity index (χ3v) is 1.52. The van der Waals surface area contributed by atoms with Gasteiger partial charge in [0.25, 0.3) is 0 Å². The van der Waals surface area contributed by atoms with Gasteiger partial charge in [0.15, 0.2) is 0 Å². The van der Waals surface area contributed by atoms with Crippen molar-refractivity contribution in [2.75, 3.05) is 26.7 Å². The SMILES string of the molecule is [B]C([B])(O)N(CC)CCNC. The van der Waals surface area contributed by atoms with Gasteiger partial charge in [-0.2, -0.15) is 0 Å². The summed E-state index contributed by atoms with van der Waals surface area (Å²) < 4.78 is 0. The van der Waals surface area contributed by atoms with Crippen LogP contribution in [0.1, 0.15) is 6.92 Å². The lowest BCUT2D eigenvalue weighted by Crippen LogP contribution is -2.51. The van der Waals surface area contributed by atoms with Crippen LogP contribution in [-0.4, -0.2) is 57.9 Å². The summed E-state index contributed by atoms with van der Waals surface area (Å²) in [7, 11) is 12.4. The molecule has 0 unspecified atom stereocenters. The molecule has 0 aliphatic carbocycles. The van der Waals surface area contributed by atoms with Crippen molar-refractivity contribution in [3.05, 3.63) is 0 Å². The van der Waals surface area contributed by atoms with Crippen LogP contribution in [0.3, 0.4) is 0 Å². The molecule has 0 amide bonds. The Bertz CT molecular complexity index is 105. The molecule has 3 nitrogen and oxygen atoms in total. The van der Waals surface area contributed by atoms with Gasteiger partial charge in [-0.25, -0.2) is 0 Å². The summed E-state index contributed by atoms with van der Waals surface area (Å²) >= 11 is 0. The van der Waals surface area contributed by atoms with Gasteiger partial charge in [0.1, 0.15) is 15.7 Å². The molecule has 2 N–H and O–H groups in total. The van der Waals surface area contributed by atoms with E-state index < -0.39 is 5.52 Å². The lowest BCUT2D eigenvalue weighted by molar-refractivity contribution is 0.0363. The number of rotatable bonds is 5. The van der Waals surface area contributed by atoms with Crippen molar-refractivity contribution >= 4 is 15.7 Å². The molecule has 0 rings (SSSR count). The van der Waals surface area contributed by atoms with Crippen LogP contribution in [0, 0.1) is 0 Å². The Morgan fingerprint density at radius 2 is 2.09 bits per heavy atom. The van der Waals surface area contributed by atoms with Crippen LogP contribution in [0.5, 0.6) is 0 Å². The Morgan fingerprint density at radius 1 is 1.55 bits per heavy atom. The Labute approximate surface area is 71.0 Å². The standard InChI is InChI=1S/C6H14B2N2O/c1-3-10(5-4-9-2)6(7,8)11/h9,11H,3-5H2,1-2H3. The van der Waals surface area contributed by atoms with Crippen LogP contribution in [0.2, 0.25) is 0 Å². The minimum atomic E-state index is -1.69. The molecule has 0 aliphatic rings. The van der Waals surface area contributed by atoms with E-state index in [0.29, 0.717) is 13.1 Å². The number of nitrogens with one attached hydrogen (secondary N) is 1. The van der Waals surface area contributed by atoms with Gasteiger partial charge in [-0.05, 0) is 13.6 Å². The van der Waals surface area contributed by atoms with E-state index in [0.717, 1.165) is 6.54 Å². The summed E-state index contributed by atoms with van der Waals surface area (Å²) in [5, 5.41) is 12.1. The fourth-order valence-corrected chi connectivity index (χ4v) is 0.837. The van der Waals surface area contributed by atoms with Crippen molar-refractivity contribution in [1.29, 1.82) is 0 Å². The normalized spacial score (nSPS) is 12.4. The highest BCUT2D eigenvalue weighted by molar-refractivity contribution is 6.38.